The summed E-state index contributed by atoms with van der Waals surface area (Å²) in [6.45, 7) is 12.3. The van der Waals surface area contributed by atoms with E-state index in [4.69, 9.17) is 10.5 Å². The van der Waals surface area contributed by atoms with Crippen molar-refractivity contribution in [3.63, 3.8) is 0 Å². The summed E-state index contributed by atoms with van der Waals surface area (Å²) in [5.41, 5.74) is 8.50. The third-order valence-electron chi connectivity index (χ3n) is 10.4. The van der Waals surface area contributed by atoms with Crippen molar-refractivity contribution < 1.29 is 33.8 Å². The van der Waals surface area contributed by atoms with Crippen molar-refractivity contribution in [1.82, 2.24) is 26.6 Å². The standard InChI is InChI=1S/C48H64N6O7/c1-30(2)41(29-55)52-44(57)40(27-35-23-16-22-34-21-14-15-24-36(34)35)50-42(56)28-37(49)38(25-32-17-10-8-11-18-32)51-46(59)43(31(3)4)54-45(58)39(26-33-19-12-9-13-20-33)53-47(60)61-48(5,6)7/h8-24,30-31,37-41,43,55H,25-29,49H2,1-7H3,(H,50,56)(H,51,59)(H,52,57)(H,53,60)(H,54,58)/t37-,38-,39-,40-,41?,43?/m0/s1. The maximum absolute atomic E-state index is 14.2. The minimum Gasteiger partial charge on any atom is -0.444 e. The number of nitrogens with two attached hydrogens (primary N) is 1. The highest BCUT2D eigenvalue weighted by Gasteiger charge is 2.33. The van der Waals surface area contributed by atoms with Gasteiger partial charge in [-0.3, -0.25) is 19.2 Å². The Kier molecular flexibility index (Phi) is 17.8. The molecule has 0 aliphatic heterocycles. The van der Waals surface area contributed by atoms with Crippen LogP contribution in [0.1, 0.15) is 71.6 Å². The van der Waals surface area contributed by atoms with E-state index in [2.05, 4.69) is 26.6 Å². The molecule has 0 spiro atoms. The maximum Gasteiger partial charge on any atom is 0.408 e. The Bertz CT molecular complexity index is 2050. The number of aliphatic hydroxyl groups is 1. The minimum atomic E-state index is -1.07. The number of carbonyl (C=O) groups excluding carboxylic acids is 5. The predicted octanol–water partition coefficient (Wildman–Crippen LogP) is 4.72. The van der Waals surface area contributed by atoms with E-state index < -0.39 is 71.6 Å². The number of alkyl carbamates (subject to hydrolysis) is 1. The number of hydrogen-bond acceptors (Lipinski definition) is 8. The van der Waals surface area contributed by atoms with E-state index in [0.717, 1.165) is 27.5 Å². The molecule has 0 heterocycles. The lowest BCUT2D eigenvalue weighted by molar-refractivity contribution is -0.131. The van der Waals surface area contributed by atoms with E-state index >= 15 is 0 Å². The molecule has 4 aromatic carbocycles. The molecule has 5 amide bonds. The van der Waals surface area contributed by atoms with Crippen LogP contribution >= 0.6 is 0 Å². The fraction of sp³-hybridized carbons (Fsp3) is 0.438. The van der Waals surface area contributed by atoms with Crippen LogP contribution in [0, 0.1) is 11.8 Å². The fourth-order valence-electron chi connectivity index (χ4n) is 6.96. The largest absolute Gasteiger partial charge is 0.444 e. The van der Waals surface area contributed by atoms with Crippen molar-refractivity contribution in [3.8, 4) is 0 Å². The summed E-state index contributed by atoms with van der Waals surface area (Å²) in [6, 6.07) is 26.8. The first-order chi connectivity index (χ1) is 28.9. The molecule has 0 aliphatic rings. The van der Waals surface area contributed by atoms with Crippen molar-refractivity contribution in [1.29, 1.82) is 0 Å². The molecule has 13 nitrogen and oxygen atoms in total. The van der Waals surface area contributed by atoms with Gasteiger partial charge in [0.05, 0.1) is 12.6 Å². The molecule has 8 N–H and O–H groups in total. The fourth-order valence-corrected chi connectivity index (χ4v) is 6.96. The summed E-state index contributed by atoms with van der Waals surface area (Å²) in [7, 11) is 0. The maximum atomic E-state index is 14.2. The van der Waals surface area contributed by atoms with Gasteiger partial charge in [-0.25, -0.2) is 4.79 Å². The highest BCUT2D eigenvalue weighted by molar-refractivity contribution is 5.92. The molecular formula is C48H64N6O7. The molecule has 328 valence electrons. The Labute approximate surface area is 360 Å². The molecule has 0 aliphatic carbocycles. The second-order valence-corrected chi connectivity index (χ2v) is 17.3. The average Bonchev–Trinajstić information content (AvgIpc) is 3.20. The number of amides is 5. The van der Waals surface area contributed by atoms with Crippen LogP contribution in [-0.2, 0) is 43.2 Å². The Morgan fingerprint density at radius 1 is 0.607 bits per heavy atom. The van der Waals surface area contributed by atoms with Gasteiger partial charge in [0.1, 0.15) is 23.7 Å². The normalized spacial score (nSPS) is 14.5. The molecule has 4 aromatic rings. The lowest BCUT2D eigenvalue weighted by atomic mass is 9.95. The van der Waals surface area contributed by atoms with E-state index in [1.54, 1.807) is 34.6 Å². The quantitative estimate of drug-likeness (QED) is 0.0663. The van der Waals surface area contributed by atoms with Gasteiger partial charge < -0.3 is 42.2 Å². The number of hydrogen-bond donors (Lipinski definition) is 7. The van der Waals surface area contributed by atoms with Crippen molar-refractivity contribution in [2.24, 2.45) is 17.6 Å². The highest BCUT2D eigenvalue weighted by Crippen LogP contribution is 2.21. The molecule has 0 saturated heterocycles. The Hall–Kier alpha value is -5.79. The van der Waals surface area contributed by atoms with E-state index in [9.17, 15) is 29.1 Å². The molecule has 0 radical (unpaired) electrons. The third kappa shape index (κ3) is 15.3. The summed E-state index contributed by atoms with van der Waals surface area (Å²) in [4.78, 5) is 68.7. The second kappa shape index (κ2) is 22.7. The van der Waals surface area contributed by atoms with Gasteiger partial charge in [0.15, 0.2) is 0 Å². The molecule has 4 rings (SSSR count). The summed E-state index contributed by atoms with van der Waals surface area (Å²) in [5.74, 6) is -2.50. The topological polar surface area (TPSA) is 201 Å². The predicted molar refractivity (Wildman–Crippen MR) is 238 cm³/mol. The van der Waals surface area contributed by atoms with Crippen LogP contribution in [0.2, 0.25) is 0 Å². The number of ether oxygens (including phenoxy) is 1. The monoisotopic (exact) mass is 836 g/mol. The van der Waals surface area contributed by atoms with E-state index in [1.165, 1.54) is 0 Å². The molecule has 0 saturated carbocycles. The Morgan fingerprint density at radius 3 is 1.74 bits per heavy atom. The Balaban J connectivity index is 1.55. The molecule has 0 fully saturated rings. The average molecular weight is 837 g/mol. The van der Waals surface area contributed by atoms with Crippen LogP contribution in [0.4, 0.5) is 4.79 Å². The smallest absolute Gasteiger partial charge is 0.408 e. The number of fused-ring (bicyclic) bond motifs is 1. The first-order valence-corrected chi connectivity index (χ1v) is 21.0. The van der Waals surface area contributed by atoms with E-state index in [0.29, 0.717) is 0 Å². The van der Waals surface area contributed by atoms with Gasteiger partial charge in [0.25, 0.3) is 0 Å². The number of nitrogens with one attached hydrogen (secondary N) is 5. The van der Waals surface area contributed by atoms with Gasteiger partial charge in [0.2, 0.25) is 23.6 Å². The molecule has 0 aromatic heterocycles. The summed E-state index contributed by atoms with van der Waals surface area (Å²) in [5, 5.41) is 26.3. The van der Waals surface area contributed by atoms with Crippen LogP contribution in [0.25, 0.3) is 10.8 Å². The molecule has 0 bridgehead atoms. The first kappa shape index (κ1) is 47.9. The SMILES string of the molecule is CC(C)C(CO)NC(=O)[C@H](Cc1cccc2ccccc12)NC(=O)C[C@H](N)[C@H](Cc1ccccc1)NC(=O)C(NC(=O)[C@H](Cc1ccccc1)NC(=O)OC(C)(C)C)C(C)C. The van der Waals surface area contributed by atoms with Gasteiger partial charge in [-0.1, -0.05) is 131 Å². The summed E-state index contributed by atoms with van der Waals surface area (Å²) in [6.07, 6.45) is -0.428. The summed E-state index contributed by atoms with van der Waals surface area (Å²) >= 11 is 0. The van der Waals surface area contributed by atoms with Crippen molar-refractivity contribution in [2.45, 2.75) is 116 Å². The van der Waals surface area contributed by atoms with E-state index in [1.807, 2.05) is 117 Å². The molecule has 6 atom stereocenters. The van der Waals surface area contributed by atoms with Gasteiger partial charge in [-0.15, -0.1) is 0 Å². The van der Waals surface area contributed by atoms with Gasteiger partial charge in [0, 0.05) is 31.3 Å². The summed E-state index contributed by atoms with van der Waals surface area (Å²) < 4.78 is 5.45. The molecule has 2 unspecified atom stereocenters. The van der Waals surface area contributed by atoms with Gasteiger partial charge in [-0.2, -0.15) is 0 Å². The zero-order chi connectivity index (χ0) is 44.7. The highest BCUT2D eigenvalue weighted by atomic mass is 16.6. The van der Waals surface area contributed by atoms with Gasteiger partial charge >= 0.3 is 6.09 Å². The second-order valence-electron chi connectivity index (χ2n) is 17.3. The molecule has 61 heavy (non-hydrogen) atoms. The number of rotatable bonds is 20. The van der Waals surface area contributed by atoms with Crippen molar-refractivity contribution >= 4 is 40.5 Å². The molecular weight excluding hydrogens is 773 g/mol. The lowest BCUT2D eigenvalue weighted by Gasteiger charge is -2.30. The number of benzene rings is 4. The zero-order valence-corrected chi connectivity index (χ0v) is 36.4. The number of aliphatic hydroxyl groups excluding tert-OH is 1. The van der Waals surface area contributed by atoms with Crippen LogP contribution in [0.15, 0.2) is 103 Å². The van der Waals surface area contributed by atoms with Crippen molar-refractivity contribution in [3.05, 3.63) is 120 Å². The van der Waals surface area contributed by atoms with Crippen molar-refractivity contribution in [2.75, 3.05) is 6.61 Å². The lowest BCUT2D eigenvalue weighted by Crippen LogP contribution is -2.60. The first-order valence-electron chi connectivity index (χ1n) is 21.0. The molecule has 13 heteroatoms. The number of carbonyl (C=O) groups is 5. The van der Waals surface area contributed by atoms with Crippen LogP contribution in [0.5, 0.6) is 0 Å². The van der Waals surface area contributed by atoms with Crippen LogP contribution in [-0.4, -0.2) is 83.3 Å². The zero-order valence-electron chi connectivity index (χ0n) is 36.4. The van der Waals surface area contributed by atoms with E-state index in [-0.39, 0.29) is 44.1 Å². The third-order valence-corrected chi connectivity index (χ3v) is 10.4. The minimum absolute atomic E-state index is 0.0610. The Morgan fingerprint density at radius 2 is 1.15 bits per heavy atom. The van der Waals surface area contributed by atoms with Crippen LogP contribution in [0.3, 0.4) is 0 Å². The van der Waals surface area contributed by atoms with Gasteiger partial charge in [-0.05, 0) is 66.5 Å². The van der Waals surface area contributed by atoms with Crippen LogP contribution < -0.4 is 32.3 Å².